The highest BCUT2D eigenvalue weighted by molar-refractivity contribution is 7.89. The van der Waals surface area contributed by atoms with E-state index in [2.05, 4.69) is 9.82 Å². The first-order valence-corrected chi connectivity index (χ1v) is 10.00. The van der Waals surface area contributed by atoms with Gasteiger partial charge in [-0.2, -0.15) is 5.10 Å². The van der Waals surface area contributed by atoms with E-state index in [0.29, 0.717) is 12.1 Å². The number of hydrogen-bond acceptors (Lipinski definition) is 5. The van der Waals surface area contributed by atoms with Gasteiger partial charge >= 0.3 is 0 Å². The number of aromatic nitrogens is 2. The molecule has 0 aliphatic carbocycles. The summed E-state index contributed by atoms with van der Waals surface area (Å²) in [5.74, 6) is -0.172. The monoisotopic (exact) mass is 375 g/mol. The van der Waals surface area contributed by atoms with E-state index in [-0.39, 0.29) is 17.2 Å². The first kappa shape index (κ1) is 17.5. The Morgan fingerprint density at radius 1 is 1.24 bits per heavy atom. The molecule has 130 valence electrons. The smallest absolute Gasteiger partial charge is 0.240 e. The number of rotatable bonds is 7. The highest BCUT2D eigenvalue weighted by Crippen LogP contribution is 2.22. The van der Waals surface area contributed by atoms with E-state index in [4.69, 9.17) is 0 Å². The van der Waals surface area contributed by atoms with E-state index in [9.17, 15) is 13.2 Å². The molecule has 1 N–H and O–H groups in total. The minimum atomic E-state index is -3.66. The lowest BCUT2D eigenvalue weighted by Crippen LogP contribution is -2.27. The Morgan fingerprint density at radius 3 is 2.80 bits per heavy atom. The summed E-state index contributed by atoms with van der Waals surface area (Å²) in [5, 5.41) is 6.41. The lowest BCUT2D eigenvalue weighted by molar-refractivity contribution is 0.101. The lowest BCUT2D eigenvalue weighted by Gasteiger charge is -2.08. The molecule has 25 heavy (non-hydrogen) atoms. The highest BCUT2D eigenvalue weighted by atomic mass is 32.2. The molecule has 0 fully saturated rings. The third-order valence-electron chi connectivity index (χ3n) is 3.60. The van der Waals surface area contributed by atoms with Gasteiger partial charge in [-0.05, 0) is 36.6 Å². The van der Waals surface area contributed by atoms with Gasteiger partial charge in [-0.1, -0.05) is 18.2 Å². The fraction of sp³-hybridized carbons (Fsp3) is 0.176. The summed E-state index contributed by atoms with van der Waals surface area (Å²) in [7, 11) is -3.66. The number of carbonyl (C=O) groups excluding carboxylic acids is 1. The van der Waals surface area contributed by atoms with Crippen LogP contribution in [0.2, 0.25) is 0 Å². The lowest BCUT2D eigenvalue weighted by atomic mass is 10.2. The molecule has 3 rings (SSSR count). The van der Waals surface area contributed by atoms with Crippen molar-refractivity contribution < 1.29 is 13.2 Å². The normalized spacial score (nSPS) is 11.6. The predicted octanol–water partition coefficient (Wildman–Crippen LogP) is 2.79. The second-order valence-corrected chi connectivity index (χ2v) is 8.14. The molecular formula is C17H17N3O3S2. The minimum absolute atomic E-state index is 0.0833. The predicted molar refractivity (Wildman–Crippen MR) is 97.2 cm³/mol. The first-order chi connectivity index (χ1) is 12.0. The summed E-state index contributed by atoms with van der Waals surface area (Å²) in [6.45, 7) is 2.03. The molecule has 0 saturated carbocycles. The van der Waals surface area contributed by atoms with Crippen LogP contribution >= 0.6 is 11.3 Å². The molecule has 6 nitrogen and oxygen atoms in total. The topological polar surface area (TPSA) is 81.1 Å². The zero-order chi connectivity index (χ0) is 17.9. The average molecular weight is 375 g/mol. The number of hydrogen-bond donors (Lipinski definition) is 1. The molecule has 8 heteroatoms. The third kappa shape index (κ3) is 4.22. The molecule has 0 spiro atoms. The van der Waals surface area contributed by atoms with Gasteiger partial charge < -0.3 is 0 Å². The van der Waals surface area contributed by atoms with Gasteiger partial charge in [0.1, 0.15) is 5.69 Å². The Kier molecular flexibility index (Phi) is 5.12. The second kappa shape index (κ2) is 7.30. The van der Waals surface area contributed by atoms with Gasteiger partial charge in [-0.25, -0.2) is 13.1 Å². The van der Waals surface area contributed by atoms with E-state index >= 15 is 0 Å². The molecule has 2 heterocycles. The van der Waals surface area contributed by atoms with Crippen LogP contribution in [0, 0.1) is 0 Å². The molecule has 0 bridgehead atoms. The zero-order valence-corrected chi connectivity index (χ0v) is 15.2. The molecule has 1 aromatic carbocycles. The van der Waals surface area contributed by atoms with Crippen molar-refractivity contribution in [3.05, 3.63) is 59.6 Å². The van der Waals surface area contributed by atoms with E-state index in [1.165, 1.54) is 19.1 Å². The Balaban J connectivity index is 1.63. The third-order valence-corrected chi connectivity index (χ3v) is 5.95. The molecule has 0 amide bonds. The van der Waals surface area contributed by atoms with E-state index in [0.717, 1.165) is 10.6 Å². The van der Waals surface area contributed by atoms with Crippen LogP contribution in [0.15, 0.2) is 58.9 Å². The average Bonchev–Trinajstić information content (AvgIpc) is 3.26. The molecular weight excluding hydrogens is 358 g/mol. The van der Waals surface area contributed by atoms with E-state index in [1.54, 1.807) is 28.2 Å². The minimum Gasteiger partial charge on any atom is -0.295 e. The number of nitrogens with one attached hydrogen (secondary N) is 1. The van der Waals surface area contributed by atoms with Crippen LogP contribution in [-0.4, -0.2) is 30.5 Å². The fourth-order valence-electron chi connectivity index (χ4n) is 2.30. The number of nitrogens with zero attached hydrogens (tertiary/aromatic N) is 2. The van der Waals surface area contributed by atoms with Crippen LogP contribution in [-0.2, 0) is 16.6 Å². The summed E-state index contributed by atoms with van der Waals surface area (Å²) in [6.07, 6.45) is 1.82. The molecule has 0 saturated heterocycles. The summed E-state index contributed by atoms with van der Waals surface area (Å²) in [6, 6.07) is 11.9. The van der Waals surface area contributed by atoms with Gasteiger partial charge in [0.05, 0.1) is 16.3 Å². The maximum atomic E-state index is 12.3. The second-order valence-electron chi connectivity index (χ2n) is 5.42. The van der Waals surface area contributed by atoms with Crippen LogP contribution in [0.3, 0.4) is 0 Å². The summed E-state index contributed by atoms with van der Waals surface area (Å²) >= 11 is 1.60. The number of ketones is 1. The molecule has 0 aliphatic heterocycles. The van der Waals surface area contributed by atoms with Crippen molar-refractivity contribution in [2.24, 2.45) is 0 Å². The van der Waals surface area contributed by atoms with Crippen molar-refractivity contribution in [1.29, 1.82) is 0 Å². The molecule has 0 aliphatic rings. The SMILES string of the molecule is CC(=O)c1cccc(S(=O)(=O)NCCn2ccc(-c3cccs3)n2)c1. The van der Waals surface area contributed by atoms with Gasteiger partial charge in [-0.15, -0.1) is 11.3 Å². The Labute approximate surface area is 150 Å². The molecule has 0 atom stereocenters. The zero-order valence-electron chi connectivity index (χ0n) is 13.5. The van der Waals surface area contributed by atoms with Crippen LogP contribution in [0.4, 0.5) is 0 Å². The maximum absolute atomic E-state index is 12.3. The Hall–Kier alpha value is -2.29. The quantitative estimate of drug-likeness (QED) is 0.644. The van der Waals surface area contributed by atoms with Crippen LogP contribution in [0.1, 0.15) is 17.3 Å². The van der Waals surface area contributed by atoms with E-state index in [1.807, 2.05) is 29.8 Å². The van der Waals surface area contributed by atoms with Crippen molar-refractivity contribution >= 4 is 27.1 Å². The summed E-state index contributed by atoms with van der Waals surface area (Å²) < 4.78 is 28.9. The van der Waals surface area contributed by atoms with Crippen LogP contribution < -0.4 is 4.72 Å². The highest BCUT2D eigenvalue weighted by Gasteiger charge is 2.15. The number of sulfonamides is 1. The molecule has 0 unspecified atom stereocenters. The molecule has 3 aromatic rings. The number of Topliss-reactive ketones (excluding diaryl/α,β-unsaturated/α-hetero) is 1. The summed E-state index contributed by atoms with van der Waals surface area (Å²) in [4.78, 5) is 12.6. The van der Waals surface area contributed by atoms with Gasteiger partial charge in [0.2, 0.25) is 10.0 Å². The molecule has 2 aromatic heterocycles. The summed E-state index contributed by atoms with van der Waals surface area (Å²) in [5.41, 5.74) is 1.24. The number of benzene rings is 1. The van der Waals surface area contributed by atoms with Gasteiger partial charge in [0, 0.05) is 18.3 Å². The number of thiophene rings is 1. The van der Waals surface area contributed by atoms with Crippen LogP contribution in [0.25, 0.3) is 10.6 Å². The first-order valence-electron chi connectivity index (χ1n) is 7.64. The number of carbonyl (C=O) groups is 1. The molecule has 0 radical (unpaired) electrons. The van der Waals surface area contributed by atoms with Gasteiger partial charge in [0.15, 0.2) is 5.78 Å². The Bertz CT molecular complexity index is 976. The standard InChI is InChI=1S/C17H17N3O3S2/c1-13(21)14-4-2-5-15(12-14)25(22,23)18-8-10-20-9-7-16(19-20)17-6-3-11-24-17/h2-7,9,11-12,18H,8,10H2,1H3. The van der Waals surface area contributed by atoms with Crippen LogP contribution in [0.5, 0.6) is 0 Å². The maximum Gasteiger partial charge on any atom is 0.240 e. The van der Waals surface area contributed by atoms with Crippen molar-refractivity contribution in [3.8, 4) is 10.6 Å². The van der Waals surface area contributed by atoms with Crippen molar-refractivity contribution in [2.45, 2.75) is 18.4 Å². The van der Waals surface area contributed by atoms with Crippen molar-refractivity contribution in [1.82, 2.24) is 14.5 Å². The largest absolute Gasteiger partial charge is 0.295 e. The van der Waals surface area contributed by atoms with E-state index < -0.39 is 10.0 Å². The van der Waals surface area contributed by atoms with Crippen molar-refractivity contribution in [3.63, 3.8) is 0 Å². The fourth-order valence-corrected chi connectivity index (χ4v) is 4.06. The Morgan fingerprint density at radius 2 is 2.08 bits per heavy atom. The van der Waals surface area contributed by atoms with Gasteiger partial charge in [-0.3, -0.25) is 9.48 Å². The van der Waals surface area contributed by atoms with Crippen molar-refractivity contribution in [2.75, 3.05) is 6.54 Å². The van der Waals surface area contributed by atoms with Gasteiger partial charge in [0.25, 0.3) is 0 Å².